The first-order chi connectivity index (χ1) is 6.74. The molecule has 0 aliphatic heterocycles. The van der Waals surface area contributed by atoms with Gasteiger partial charge >= 0.3 is 0 Å². The first-order valence-corrected chi connectivity index (χ1v) is 4.41. The van der Waals surface area contributed by atoms with Crippen LogP contribution in [-0.2, 0) is 9.47 Å². The van der Waals surface area contributed by atoms with E-state index in [0.717, 1.165) is 0 Å². The normalized spacial score (nSPS) is 35.6. The number of nitrogens with zero attached hydrogens (tertiary/aromatic N) is 1. The fraction of sp³-hybridized carbons (Fsp3) is 0.600. The van der Waals surface area contributed by atoms with Crippen LogP contribution in [0.1, 0.15) is 6.42 Å². The average Bonchev–Trinajstić information content (AvgIpc) is 2.21. The molecule has 0 spiro atoms. The molecule has 1 radical (unpaired) electrons. The van der Waals surface area contributed by atoms with Gasteiger partial charge in [0.1, 0.15) is 12.2 Å². The maximum atomic E-state index is 9.81. The van der Waals surface area contributed by atoms with E-state index < -0.39 is 12.2 Å². The van der Waals surface area contributed by atoms with Crippen molar-refractivity contribution < 1.29 is 14.6 Å². The summed E-state index contributed by atoms with van der Waals surface area (Å²) in [5.41, 5.74) is 0.604. The smallest absolute Gasteiger partial charge is 0.113 e. The highest BCUT2D eigenvalue weighted by molar-refractivity contribution is 5.29. The number of allylic oxidation sites excluding steroid dienone is 1. The molecule has 0 saturated heterocycles. The number of rotatable bonds is 2. The molecule has 0 bridgehead atoms. The monoisotopic (exact) mass is 196 g/mol. The Hall–Kier alpha value is -0.890. The Labute approximate surface area is 83.7 Å². The lowest BCUT2D eigenvalue weighted by Gasteiger charge is -2.34. The van der Waals surface area contributed by atoms with Crippen LogP contribution in [0.2, 0.25) is 0 Å². The van der Waals surface area contributed by atoms with Crippen molar-refractivity contribution in [1.29, 1.82) is 5.26 Å². The second-order valence-electron chi connectivity index (χ2n) is 3.13. The summed E-state index contributed by atoms with van der Waals surface area (Å²) in [6.45, 7) is 0. The number of hydrogen-bond donors (Lipinski definition) is 1. The van der Waals surface area contributed by atoms with Crippen molar-refractivity contribution >= 4 is 0 Å². The van der Waals surface area contributed by atoms with E-state index >= 15 is 0 Å². The second kappa shape index (κ2) is 5.11. The maximum absolute atomic E-state index is 9.81. The van der Waals surface area contributed by atoms with Gasteiger partial charge in [0, 0.05) is 20.3 Å². The van der Waals surface area contributed by atoms with E-state index in [1.54, 1.807) is 13.5 Å². The van der Waals surface area contributed by atoms with E-state index in [9.17, 15) is 5.11 Å². The zero-order chi connectivity index (χ0) is 10.6. The van der Waals surface area contributed by atoms with Crippen LogP contribution in [0.4, 0.5) is 0 Å². The molecule has 3 unspecified atom stereocenters. The molecule has 1 rings (SSSR count). The molecule has 1 fully saturated rings. The van der Waals surface area contributed by atoms with Crippen LogP contribution in [0.25, 0.3) is 0 Å². The Balaban J connectivity index is 2.77. The molecule has 0 aromatic carbocycles. The zero-order valence-electron chi connectivity index (χ0n) is 8.30. The number of methoxy groups -OCH3 is 2. The standard InChI is InChI=1S/C10H14NO3/c1-13-8-4-3-7(5-6-11)9(12)10(8)14-2/h3,5,8-10,12H,4H2,1-2H3. The van der Waals surface area contributed by atoms with E-state index in [1.807, 2.05) is 6.07 Å². The van der Waals surface area contributed by atoms with Crippen molar-refractivity contribution in [2.75, 3.05) is 14.2 Å². The molecule has 0 aromatic heterocycles. The Bertz CT molecular complexity index is 257. The predicted octanol–water partition coefficient (Wildman–Crippen LogP) is 0.435. The zero-order valence-corrected chi connectivity index (χ0v) is 8.30. The topological polar surface area (TPSA) is 62.5 Å². The third-order valence-electron chi connectivity index (χ3n) is 2.41. The van der Waals surface area contributed by atoms with Gasteiger partial charge < -0.3 is 14.6 Å². The van der Waals surface area contributed by atoms with Crippen molar-refractivity contribution in [2.45, 2.75) is 24.7 Å². The molecule has 1 aliphatic rings. The van der Waals surface area contributed by atoms with Gasteiger partial charge in [-0.05, 0) is 18.4 Å². The van der Waals surface area contributed by atoms with E-state index in [-0.39, 0.29) is 6.10 Å². The van der Waals surface area contributed by atoms with Crippen molar-refractivity contribution in [2.24, 2.45) is 0 Å². The number of nitriles is 1. The van der Waals surface area contributed by atoms with Crippen molar-refractivity contribution in [1.82, 2.24) is 0 Å². The summed E-state index contributed by atoms with van der Waals surface area (Å²) in [6, 6.07) is 1.90. The molecular weight excluding hydrogens is 182 g/mol. The Morgan fingerprint density at radius 3 is 2.79 bits per heavy atom. The summed E-state index contributed by atoms with van der Waals surface area (Å²) >= 11 is 0. The Kier molecular flexibility index (Phi) is 4.08. The molecule has 4 nitrogen and oxygen atoms in total. The molecule has 0 heterocycles. The molecule has 1 aliphatic carbocycles. The van der Waals surface area contributed by atoms with Gasteiger partial charge in [0.05, 0.1) is 12.2 Å². The van der Waals surface area contributed by atoms with E-state index in [0.29, 0.717) is 12.0 Å². The van der Waals surface area contributed by atoms with Gasteiger partial charge in [-0.3, -0.25) is 0 Å². The maximum Gasteiger partial charge on any atom is 0.113 e. The third-order valence-corrected chi connectivity index (χ3v) is 2.41. The van der Waals surface area contributed by atoms with E-state index in [1.165, 1.54) is 13.2 Å². The van der Waals surface area contributed by atoms with Gasteiger partial charge in [-0.25, -0.2) is 0 Å². The van der Waals surface area contributed by atoms with Crippen LogP contribution >= 0.6 is 0 Å². The summed E-state index contributed by atoms with van der Waals surface area (Å²) in [5, 5.41) is 18.3. The average molecular weight is 196 g/mol. The van der Waals surface area contributed by atoms with Crippen molar-refractivity contribution in [3.63, 3.8) is 0 Å². The van der Waals surface area contributed by atoms with Crippen LogP contribution < -0.4 is 0 Å². The molecule has 14 heavy (non-hydrogen) atoms. The minimum absolute atomic E-state index is 0.147. The minimum atomic E-state index is -0.779. The van der Waals surface area contributed by atoms with E-state index in [2.05, 4.69) is 0 Å². The van der Waals surface area contributed by atoms with Gasteiger partial charge in [-0.1, -0.05) is 0 Å². The van der Waals surface area contributed by atoms with Crippen molar-refractivity contribution in [3.8, 4) is 6.07 Å². The summed E-state index contributed by atoms with van der Waals surface area (Å²) in [6.07, 6.45) is 2.47. The lowest BCUT2D eigenvalue weighted by atomic mass is 9.87. The lowest BCUT2D eigenvalue weighted by molar-refractivity contribution is -0.0917. The van der Waals surface area contributed by atoms with Crippen LogP contribution in [0.3, 0.4) is 0 Å². The number of hydrogen-bond acceptors (Lipinski definition) is 4. The third kappa shape index (κ3) is 2.13. The summed E-state index contributed by atoms with van der Waals surface area (Å²) in [7, 11) is 3.10. The molecule has 1 saturated carbocycles. The largest absolute Gasteiger partial charge is 0.386 e. The van der Waals surface area contributed by atoms with Gasteiger partial charge in [0.2, 0.25) is 0 Å². The van der Waals surface area contributed by atoms with Gasteiger partial charge in [-0.2, -0.15) is 5.26 Å². The van der Waals surface area contributed by atoms with Crippen LogP contribution in [0, 0.1) is 17.8 Å². The highest BCUT2D eigenvalue weighted by Crippen LogP contribution is 2.27. The van der Waals surface area contributed by atoms with E-state index in [4.69, 9.17) is 14.7 Å². The first kappa shape index (κ1) is 11.2. The lowest BCUT2D eigenvalue weighted by Crippen LogP contribution is -2.45. The van der Waals surface area contributed by atoms with Gasteiger partial charge in [-0.15, -0.1) is 0 Å². The quantitative estimate of drug-likeness (QED) is 0.651. The fourth-order valence-electron chi connectivity index (χ4n) is 1.63. The molecule has 4 heteroatoms. The van der Waals surface area contributed by atoms with Crippen LogP contribution in [0.5, 0.6) is 0 Å². The Morgan fingerprint density at radius 1 is 1.57 bits per heavy atom. The molecule has 3 atom stereocenters. The number of ether oxygens (including phenoxy) is 2. The minimum Gasteiger partial charge on any atom is -0.386 e. The molecular formula is C10H14NO3. The highest BCUT2D eigenvalue weighted by atomic mass is 16.5. The van der Waals surface area contributed by atoms with Crippen LogP contribution in [0.15, 0.2) is 11.6 Å². The summed E-state index contributed by atoms with van der Waals surface area (Å²) in [5.74, 6) is 0. The van der Waals surface area contributed by atoms with Gasteiger partial charge in [0.15, 0.2) is 0 Å². The first-order valence-electron chi connectivity index (χ1n) is 4.41. The molecule has 1 N–H and O–H groups in total. The predicted molar refractivity (Wildman–Crippen MR) is 50.2 cm³/mol. The molecule has 0 amide bonds. The van der Waals surface area contributed by atoms with Crippen LogP contribution in [-0.4, -0.2) is 37.6 Å². The second-order valence-corrected chi connectivity index (χ2v) is 3.13. The highest BCUT2D eigenvalue weighted by Gasteiger charge is 2.35. The number of aliphatic hydroxyl groups excluding tert-OH is 1. The number of aliphatic hydroxyl groups is 1. The fourth-order valence-corrected chi connectivity index (χ4v) is 1.63. The summed E-state index contributed by atoms with van der Waals surface area (Å²) < 4.78 is 10.3. The summed E-state index contributed by atoms with van der Waals surface area (Å²) in [4.78, 5) is 0. The molecule has 77 valence electrons. The Morgan fingerprint density at radius 2 is 2.29 bits per heavy atom. The van der Waals surface area contributed by atoms with Crippen molar-refractivity contribution in [3.05, 3.63) is 18.1 Å². The SMILES string of the molecule is COC1C[CH]C(=CC#N)C(O)C1OC. The van der Waals surface area contributed by atoms with Gasteiger partial charge in [0.25, 0.3) is 0 Å². The molecule has 0 aromatic rings.